The molecule has 0 aliphatic heterocycles. The lowest BCUT2D eigenvalue weighted by molar-refractivity contribution is 0.664. The molecule has 0 aromatic heterocycles. The second-order valence-corrected chi connectivity index (χ2v) is 5.51. The maximum Gasteiger partial charge on any atom is 0.0414 e. The van der Waals surface area contributed by atoms with Crippen molar-refractivity contribution < 1.29 is 0 Å². The number of hydrogen-bond acceptors (Lipinski definition) is 2. The third kappa shape index (κ3) is 4.00. The molecule has 0 heterocycles. The van der Waals surface area contributed by atoms with Crippen LogP contribution < -0.4 is 10.2 Å². The van der Waals surface area contributed by atoms with Crippen LogP contribution in [0.5, 0.6) is 0 Å². The van der Waals surface area contributed by atoms with Gasteiger partial charge in [-0.05, 0) is 51.1 Å². The molecule has 1 aromatic rings. The molecule has 2 nitrogen and oxygen atoms in total. The second kappa shape index (κ2) is 7.02. The summed E-state index contributed by atoms with van der Waals surface area (Å²) < 4.78 is 1.15. The average molecular weight is 299 g/mol. The third-order valence-corrected chi connectivity index (χ3v) is 3.30. The quantitative estimate of drug-likeness (QED) is 0.859. The van der Waals surface area contributed by atoms with Crippen LogP contribution in [0, 0.1) is 0 Å². The first kappa shape index (κ1) is 14.5. The van der Waals surface area contributed by atoms with Crippen molar-refractivity contribution in [2.75, 3.05) is 18.5 Å². The topological polar surface area (TPSA) is 15.3 Å². The normalized spacial score (nSPS) is 10.9. The van der Waals surface area contributed by atoms with Crippen molar-refractivity contribution in [3.63, 3.8) is 0 Å². The van der Waals surface area contributed by atoms with Gasteiger partial charge in [0.1, 0.15) is 0 Å². The number of hydrogen-bond donors (Lipinski definition) is 1. The Labute approximate surface area is 114 Å². The molecule has 96 valence electrons. The number of benzene rings is 1. The van der Waals surface area contributed by atoms with Gasteiger partial charge < -0.3 is 10.2 Å². The highest BCUT2D eigenvalue weighted by Crippen LogP contribution is 2.26. The van der Waals surface area contributed by atoms with Crippen LogP contribution in [-0.2, 0) is 6.54 Å². The van der Waals surface area contributed by atoms with Gasteiger partial charge in [-0.15, -0.1) is 0 Å². The van der Waals surface area contributed by atoms with E-state index in [0.717, 1.165) is 17.6 Å². The lowest BCUT2D eigenvalue weighted by atomic mass is 10.1. The van der Waals surface area contributed by atoms with E-state index in [2.05, 4.69) is 65.1 Å². The molecule has 1 N–H and O–H groups in total. The fraction of sp³-hybridized carbons (Fsp3) is 0.571. The van der Waals surface area contributed by atoms with Crippen LogP contribution in [0.3, 0.4) is 0 Å². The van der Waals surface area contributed by atoms with E-state index in [1.54, 1.807) is 0 Å². The molecule has 0 aliphatic rings. The van der Waals surface area contributed by atoms with Crippen molar-refractivity contribution in [2.45, 2.75) is 39.8 Å². The minimum absolute atomic E-state index is 0.534. The van der Waals surface area contributed by atoms with E-state index < -0.39 is 0 Å². The van der Waals surface area contributed by atoms with Gasteiger partial charge in [0, 0.05) is 29.3 Å². The van der Waals surface area contributed by atoms with Crippen molar-refractivity contribution in [2.24, 2.45) is 0 Å². The molecule has 1 rings (SSSR count). The van der Waals surface area contributed by atoms with Gasteiger partial charge in [-0.25, -0.2) is 0 Å². The predicted molar refractivity (Wildman–Crippen MR) is 79.7 cm³/mol. The third-order valence-electron chi connectivity index (χ3n) is 2.81. The van der Waals surface area contributed by atoms with Crippen LogP contribution in [-0.4, -0.2) is 19.6 Å². The van der Waals surface area contributed by atoms with Crippen LogP contribution in [0.4, 0.5) is 5.69 Å². The van der Waals surface area contributed by atoms with Gasteiger partial charge in [0.05, 0.1) is 0 Å². The zero-order valence-corrected chi connectivity index (χ0v) is 12.8. The molecular formula is C14H23BrN2. The number of rotatable bonds is 6. The molecule has 1 aromatic carbocycles. The number of anilines is 1. The number of nitrogens with one attached hydrogen (secondary N) is 1. The Kier molecular flexibility index (Phi) is 6.00. The summed E-state index contributed by atoms with van der Waals surface area (Å²) >= 11 is 3.55. The van der Waals surface area contributed by atoms with Crippen LogP contribution in [0.25, 0.3) is 0 Å². The Morgan fingerprint density at radius 2 is 2.06 bits per heavy atom. The monoisotopic (exact) mass is 298 g/mol. The second-order valence-electron chi connectivity index (χ2n) is 4.59. The summed E-state index contributed by atoms with van der Waals surface area (Å²) in [6.07, 6.45) is 1.17. The van der Waals surface area contributed by atoms with E-state index in [1.807, 2.05) is 7.05 Å². The molecule has 0 aliphatic carbocycles. The predicted octanol–water partition coefficient (Wildman–Crippen LogP) is 3.79. The largest absolute Gasteiger partial charge is 0.369 e. The minimum atomic E-state index is 0.534. The molecule has 3 heteroatoms. The van der Waals surface area contributed by atoms with Crippen molar-refractivity contribution in [3.05, 3.63) is 28.2 Å². The van der Waals surface area contributed by atoms with E-state index in [4.69, 9.17) is 0 Å². The van der Waals surface area contributed by atoms with Gasteiger partial charge in [0.15, 0.2) is 0 Å². The molecule has 0 amide bonds. The summed E-state index contributed by atoms with van der Waals surface area (Å²) in [6, 6.07) is 7.08. The van der Waals surface area contributed by atoms with E-state index in [-0.39, 0.29) is 0 Å². The van der Waals surface area contributed by atoms with Crippen molar-refractivity contribution >= 4 is 21.6 Å². The summed E-state index contributed by atoms with van der Waals surface area (Å²) in [5.74, 6) is 0. The Morgan fingerprint density at radius 1 is 1.35 bits per heavy atom. The molecule has 0 saturated carbocycles. The summed E-state index contributed by atoms with van der Waals surface area (Å²) in [7, 11) is 1.99. The Balaban J connectivity index is 3.07. The maximum absolute atomic E-state index is 3.55. The molecule has 0 unspecified atom stereocenters. The maximum atomic E-state index is 3.55. The Hall–Kier alpha value is -0.540. The Bertz CT molecular complexity index is 350. The van der Waals surface area contributed by atoms with Crippen LogP contribution in [0.15, 0.2) is 22.7 Å². The zero-order valence-electron chi connectivity index (χ0n) is 11.3. The van der Waals surface area contributed by atoms with Crippen molar-refractivity contribution in [1.82, 2.24) is 5.32 Å². The number of halogens is 1. The van der Waals surface area contributed by atoms with Gasteiger partial charge >= 0.3 is 0 Å². The summed E-state index contributed by atoms with van der Waals surface area (Å²) in [4.78, 5) is 2.47. The smallest absolute Gasteiger partial charge is 0.0414 e. The fourth-order valence-corrected chi connectivity index (χ4v) is 2.47. The molecule has 0 saturated heterocycles. The molecule has 0 fully saturated rings. The van der Waals surface area contributed by atoms with E-state index >= 15 is 0 Å². The van der Waals surface area contributed by atoms with Gasteiger partial charge in [-0.1, -0.05) is 22.9 Å². The van der Waals surface area contributed by atoms with Gasteiger partial charge in [0.25, 0.3) is 0 Å². The average Bonchev–Trinajstić information content (AvgIpc) is 2.27. The molecular weight excluding hydrogens is 276 g/mol. The van der Waals surface area contributed by atoms with Crippen molar-refractivity contribution in [3.8, 4) is 0 Å². The molecule has 0 bridgehead atoms. The van der Waals surface area contributed by atoms with Crippen LogP contribution >= 0.6 is 15.9 Å². The summed E-state index contributed by atoms with van der Waals surface area (Å²) in [6.45, 7) is 8.74. The standard InChI is InChI=1S/C14H23BrN2/c1-5-8-17(11(2)3)14-7-6-13(15)9-12(14)10-16-4/h6-7,9,11,16H,5,8,10H2,1-4H3. The van der Waals surface area contributed by atoms with Gasteiger partial charge in [0.2, 0.25) is 0 Å². The highest BCUT2D eigenvalue weighted by atomic mass is 79.9. The van der Waals surface area contributed by atoms with E-state index in [0.29, 0.717) is 6.04 Å². The van der Waals surface area contributed by atoms with Gasteiger partial charge in [-0.2, -0.15) is 0 Å². The van der Waals surface area contributed by atoms with Gasteiger partial charge in [-0.3, -0.25) is 0 Å². The highest BCUT2D eigenvalue weighted by Gasteiger charge is 2.13. The summed E-state index contributed by atoms with van der Waals surface area (Å²) in [5, 5.41) is 3.24. The first-order valence-corrected chi connectivity index (χ1v) is 7.09. The molecule has 0 spiro atoms. The lowest BCUT2D eigenvalue weighted by Gasteiger charge is -2.31. The molecule has 0 radical (unpaired) electrons. The van der Waals surface area contributed by atoms with E-state index in [9.17, 15) is 0 Å². The first-order valence-electron chi connectivity index (χ1n) is 6.29. The van der Waals surface area contributed by atoms with Crippen LogP contribution in [0.1, 0.15) is 32.8 Å². The first-order chi connectivity index (χ1) is 8.10. The zero-order chi connectivity index (χ0) is 12.8. The minimum Gasteiger partial charge on any atom is -0.369 e. The highest BCUT2D eigenvalue weighted by molar-refractivity contribution is 9.10. The summed E-state index contributed by atoms with van der Waals surface area (Å²) in [5.41, 5.74) is 2.70. The fourth-order valence-electron chi connectivity index (χ4n) is 2.06. The van der Waals surface area contributed by atoms with E-state index in [1.165, 1.54) is 17.7 Å². The SMILES string of the molecule is CCCN(c1ccc(Br)cc1CNC)C(C)C. The molecule has 17 heavy (non-hydrogen) atoms. The van der Waals surface area contributed by atoms with Crippen molar-refractivity contribution in [1.29, 1.82) is 0 Å². The van der Waals surface area contributed by atoms with Crippen LogP contribution in [0.2, 0.25) is 0 Å². The lowest BCUT2D eigenvalue weighted by Crippen LogP contribution is -2.32. The molecule has 0 atom stereocenters. The number of nitrogens with zero attached hydrogens (tertiary/aromatic N) is 1. The Morgan fingerprint density at radius 3 is 2.59 bits per heavy atom.